The minimum atomic E-state index is -0.509. The van der Waals surface area contributed by atoms with Crippen LogP contribution >= 0.6 is 22.9 Å². The van der Waals surface area contributed by atoms with Crippen LogP contribution in [-0.2, 0) is 11.8 Å². The predicted molar refractivity (Wildman–Crippen MR) is 134 cm³/mol. The molecule has 3 aromatic rings. The van der Waals surface area contributed by atoms with Gasteiger partial charge in [0, 0.05) is 34.3 Å². The number of nitrogens with one attached hydrogen (secondary N) is 1. The minimum absolute atomic E-state index is 0.0897. The van der Waals surface area contributed by atoms with Gasteiger partial charge in [-0.05, 0) is 51.1 Å². The van der Waals surface area contributed by atoms with Gasteiger partial charge in [-0.15, -0.1) is 0 Å². The van der Waals surface area contributed by atoms with Gasteiger partial charge in [0.25, 0.3) is 0 Å². The molecule has 33 heavy (non-hydrogen) atoms. The van der Waals surface area contributed by atoms with E-state index in [2.05, 4.69) is 5.32 Å². The molecule has 1 aliphatic rings. The highest BCUT2D eigenvalue weighted by atomic mass is 35.5. The largest absolute Gasteiger partial charge is 0.497 e. The number of carbonyl (C=O) groups excluding carboxylic acids is 1. The third-order valence-corrected chi connectivity index (χ3v) is 6.76. The Morgan fingerprint density at radius 1 is 1.18 bits per heavy atom. The number of ether oxygens (including phenoxy) is 1. The summed E-state index contributed by atoms with van der Waals surface area (Å²) in [6.07, 6.45) is 0.131. The van der Waals surface area contributed by atoms with E-state index in [1.165, 1.54) is 0 Å². The molecule has 0 aliphatic carbocycles. The molecule has 2 heterocycles. The van der Waals surface area contributed by atoms with Crippen LogP contribution in [0.2, 0.25) is 5.02 Å². The van der Waals surface area contributed by atoms with Gasteiger partial charge in [0.05, 0.1) is 35.9 Å². The van der Waals surface area contributed by atoms with E-state index in [0.29, 0.717) is 10.8 Å². The molecule has 8 heteroatoms. The molecule has 2 aromatic carbocycles. The van der Waals surface area contributed by atoms with Crippen molar-refractivity contribution in [3.8, 4) is 17.0 Å². The van der Waals surface area contributed by atoms with Gasteiger partial charge in [0.1, 0.15) is 5.75 Å². The number of aromatic nitrogens is 1. The molecule has 1 unspecified atom stereocenters. The highest BCUT2D eigenvalue weighted by Gasteiger charge is 2.31. The Balaban J connectivity index is 1.96. The molecule has 0 saturated heterocycles. The lowest BCUT2D eigenvalue weighted by Crippen LogP contribution is -2.41. The molecule has 4 rings (SSSR count). The van der Waals surface area contributed by atoms with Crippen LogP contribution < -0.4 is 14.9 Å². The first-order valence-electron chi connectivity index (χ1n) is 10.6. The van der Waals surface area contributed by atoms with E-state index < -0.39 is 6.04 Å². The Kier molecular flexibility index (Phi) is 6.20. The summed E-state index contributed by atoms with van der Waals surface area (Å²) in [5, 5.41) is 3.64. The average molecular weight is 484 g/mol. The third kappa shape index (κ3) is 4.75. The number of nitrogens with zero attached hydrogens (tertiary/aromatic N) is 2. The van der Waals surface area contributed by atoms with Gasteiger partial charge in [-0.2, -0.15) is 0 Å². The van der Waals surface area contributed by atoms with Crippen LogP contribution in [0, 0.1) is 0 Å². The summed E-state index contributed by atoms with van der Waals surface area (Å²) in [6, 6.07) is 12.7. The number of hydrogen-bond donors (Lipinski definition) is 1. The van der Waals surface area contributed by atoms with E-state index in [-0.39, 0.29) is 22.7 Å². The maximum atomic E-state index is 12.9. The van der Waals surface area contributed by atoms with Crippen LogP contribution in [0.4, 0.5) is 0 Å². The van der Waals surface area contributed by atoms with Gasteiger partial charge in [-0.25, -0.2) is 0 Å². The topological polar surface area (TPSA) is 72.7 Å². The zero-order valence-corrected chi connectivity index (χ0v) is 20.8. The first-order chi connectivity index (χ1) is 15.6. The maximum Gasteiger partial charge on any atom is 0.307 e. The maximum absolute atomic E-state index is 12.9. The molecule has 6 nitrogen and oxygen atoms in total. The van der Waals surface area contributed by atoms with Gasteiger partial charge in [0.15, 0.2) is 0 Å². The highest BCUT2D eigenvalue weighted by Crippen LogP contribution is 2.41. The summed E-state index contributed by atoms with van der Waals surface area (Å²) in [5.74, 6) is 0.561. The Morgan fingerprint density at radius 2 is 1.88 bits per heavy atom. The number of hydrogen-bond acceptors (Lipinski definition) is 5. The van der Waals surface area contributed by atoms with Crippen molar-refractivity contribution in [2.24, 2.45) is 12.0 Å². The fraction of sp³-hybridized carbons (Fsp3) is 0.320. The molecule has 0 fully saturated rings. The Bertz CT molecular complexity index is 1300. The fourth-order valence-corrected chi connectivity index (χ4v) is 5.12. The Morgan fingerprint density at radius 3 is 2.52 bits per heavy atom. The van der Waals surface area contributed by atoms with Crippen molar-refractivity contribution in [2.75, 3.05) is 7.11 Å². The number of carbonyl (C=O) groups is 1. The van der Waals surface area contributed by atoms with Gasteiger partial charge in [0.2, 0.25) is 5.91 Å². The highest BCUT2D eigenvalue weighted by molar-refractivity contribution is 7.09. The number of halogens is 1. The van der Waals surface area contributed by atoms with E-state index >= 15 is 0 Å². The standard InChI is InChI=1S/C25H26ClN3O3S/c1-25(2,3)28-20(30)13-19-23-22(29(4)24(31)33-23)17-11-10-16(32-5)12-18(17)21(27-19)14-6-8-15(26)9-7-14/h6-12,19H,13H2,1-5H3,(H,28,30). The second-order valence-corrected chi connectivity index (χ2v) is 10.5. The summed E-state index contributed by atoms with van der Waals surface area (Å²) in [5.41, 5.74) is 3.72. The number of aliphatic imine (C=N–C) groups is 1. The number of amides is 1. The van der Waals surface area contributed by atoms with Crippen molar-refractivity contribution in [1.29, 1.82) is 0 Å². The van der Waals surface area contributed by atoms with Crippen molar-refractivity contribution in [3.63, 3.8) is 0 Å². The van der Waals surface area contributed by atoms with Crippen LogP contribution in [0.15, 0.2) is 52.3 Å². The molecule has 0 radical (unpaired) electrons. The van der Waals surface area contributed by atoms with Crippen molar-refractivity contribution in [3.05, 3.63) is 73.2 Å². The van der Waals surface area contributed by atoms with Crippen molar-refractivity contribution >= 4 is 34.6 Å². The lowest BCUT2D eigenvalue weighted by atomic mass is 9.95. The smallest absolute Gasteiger partial charge is 0.307 e. The van der Waals surface area contributed by atoms with E-state index in [9.17, 15) is 9.59 Å². The van der Waals surface area contributed by atoms with Crippen LogP contribution in [0.5, 0.6) is 5.75 Å². The zero-order chi connectivity index (χ0) is 23.9. The lowest BCUT2D eigenvalue weighted by molar-refractivity contribution is -0.122. The minimum Gasteiger partial charge on any atom is -0.497 e. The van der Waals surface area contributed by atoms with E-state index in [1.807, 2.05) is 63.2 Å². The normalized spacial score (nSPS) is 15.2. The molecule has 1 aliphatic heterocycles. The Labute approximate surface area is 201 Å². The zero-order valence-electron chi connectivity index (χ0n) is 19.2. The van der Waals surface area contributed by atoms with Crippen molar-refractivity contribution < 1.29 is 9.53 Å². The molecule has 1 N–H and O–H groups in total. The monoisotopic (exact) mass is 483 g/mol. The summed E-state index contributed by atoms with van der Waals surface area (Å²) in [7, 11) is 3.37. The van der Waals surface area contributed by atoms with Gasteiger partial charge in [-0.1, -0.05) is 35.1 Å². The number of rotatable bonds is 4. The van der Waals surface area contributed by atoms with Crippen molar-refractivity contribution in [2.45, 2.75) is 38.8 Å². The number of methoxy groups -OCH3 is 1. The predicted octanol–water partition coefficient (Wildman–Crippen LogP) is 4.97. The molecular weight excluding hydrogens is 458 g/mol. The third-order valence-electron chi connectivity index (χ3n) is 5.38. The SMILES string of the molecule is COc1ccc2c(c1)C(c1ccc(Cl)cc1)=NC(CC(=O)NC(C)(C)C)c1sc(=O)n(C)c1-2. The lowest BCUT2D eigenvalue weighted by Gasteiger charge is -2.22. The second-order valence-electron chi connectivity index (χ2n) is 9.05. The molecular formula is C25H26ClN3O3S. The van der Waals surface area contributed by atoms with Crippen LogP contribution in [0.3, 0.4) is 0 Å². The second kappa shape index (κ2) is 8.80. The van der Waals surface area contributed by atoms with Crippen LogP contribution in [-0.4, -0.2) is 28.8 Å². The average Bonchev–Trinajstić information content (AvgIpc) is 2.97. The van der Waals surface area contributed by atoms with Gasteiger partial charge in [-0.3, -0.25) is 14.6 Å². The van der Waals surface area contributed by atoms with E-state index in [4.69, 9.17) is 21.3 Å². The number of thiazole rings is 1. The number of benzene rings is 2. The van der Waals surface area contributed by atoms with Crippen LogP contribution in [0.1, 0.15) is 49.2 Å². The Hall–Kier alpha value is -2.90. The molecule has 1 aromatic heterocycles. The number of fused-ring (bicyclic) bond motifs is 3. The summed E-state index contributed by atoms with van der Waals surface area (Å²) < 4.78 is 7.13. The molecule has 172 valence electrons. The van der Waals surface area contributed by atoms with Gasteiger partial charge >= 0.3 is 4.87 Å². The molecule has 0 saturated carbocycles. The van der Waals surface area contributed by atoms with Crippen molar-refractivity contribution in [1.82, 2.24) is 9.88 Å². The summed E-state index contributed by atoms with van der Waals surface area (Å²) in [6.45, 7) is 5.82. The van der Waals surface area contributed by atoms with Crippen LogP contribution in [0.25, 0.3) is 11.3 Å². The van der Waals surface area contributed by atoms with E-state index in [0.717, 1.165) is 44.3 Å². The molecule has 1 amide bonds. The quantitative estimate of drug-likeness (QED) is 0.569. The first kappa shape index (κ1) is 23.3. The van der Waals surface area contributed by atoms with E-state index in [1.54, 1.807) is 18.7 Å². The molecule has 1 atom stereocenters. The first-order valence-corrected chi connectivity index (χ1v) is 11.8. The summed E-state index contributed by atoms with van der Waals surface area (Å²) in [4.78, 5) is 31.4. The molecule has 0 spiro atoms. The van der Waals surface area contributed by atoms with Gasteiger partial charge < -0.3 is 14.6 Å². The summed E-state index contributed by atoms with van der Waals surface area (Å²) >= 11 is 7.27. The molecule has 0 bridgehead atoms. The fourth-order valence-electron chi connectivity index (χ4n) is 3.96.